The van der Waals surface area contributed by atoms with Crippen molar-refractivity contribution < 1.29 is 0 Å². The summed E-state index contributed by atoms with van der Waals surface area (Å²) >= 11 is 0. The fourth-order valence-corrected chi connectivity index (χ4v) is 7.38. The zero-order valence-electron chi connectivity index (χ0n) is 26.7. The maximum atomic E-state index is 9.99. The number of aromatic nitrogens is 2. The van der Waals surface area contributed by atoms with E-state index in [1.165, 1.54) is 0 Å². The van der Waals surface area contributed by atoms with E-state index in [9.17, 15) is 15.8 Å². The molecule has 2 heterocycles. The zero-order chi connectivity index (χ0) is 33.8. The Balaban J connectivity index is 1.18. The van der Waals surface area contributed by atoms with Crippen molar-refractivity contribution in [3.8, 4) is 51.8 Å². The number of hydrogen-bond donors (Lipinski definition) is 0. The van der Waals surface area contributed by atoms with Gasteiger partial charge in [0.05, 0.1) is 56.6 Å². The summed E-state index contributed by atoms with van der Waals surface area (Å²) in [6, 6.07) is 57.9. The maximum Gasteiger partial charge on any atom is 0.101 e. The van der Waals surface area contributed by atoms with Crippen LogP contribution in [0.15, 0.2) is 152 Å². The first-order chi connectivity index (χ1) is 24.7. The van der Waals surface area contributed by atoms with E-state index in [4.69, 9.17) is 0 Å². The lowest BCUT2D eigenvalue weighted by molar-refractivity contribution is 1.18. The quantitative estimate of drug-likeness (QED) is 0.193. The minimum Gasteiger partial charge on any atom is -0.309 e. The number of rotatable bonds is 4. The summed E-state index contributed by atoms with van der Waals surface area (Å²) in [6.07, 6.45) is 0. The molecule has 0 fully saturated rings. The highest BCUT2D eigenvalue weighted by molar-refractivity contribution is 6.11. The van der Waals surface area contributed by atoms with Crippen molar-refractivity contribution in [2.45, 2.75) is 0 Å². The Kier molecular flexibility index (Phi) is 6.56. The minimum atomic E-state index is 0.569. The molecule has 5 heteroatoms. The molecular formula is C45H25N5. The van der Waals surface area contributed by atoms with E-state index in [0.717, 1.165) is 77.2 Å². The lowest BCUT2D eigenvalue weighted by atomic mass is 9.96. The summed E-state index contributed by atoms with van der Waals surface area (Å²) in [5.74, 6) is 0. The van der Waals surface area contributed by atoms with Crippen LogP contribution in [0.1, 0.15) is 16.7 Å². The van der Waals surface area contributed by atoms with Crippen molar-refractivity contribution in [1.82, 2.24) is 9.13 Å². The van der Waals surface area contributed by atoms with Crippen molar-refractivity contribution in [1.29, 1.82) is 15.8 Å². The van der Waals surface area contributed by atoms with Crippen LogP contribution in [0.2, 0.25) is 0 Å². The highest BCUT2D eigenvalue weighted by Crippen LogP contribution is 2.39. The summed E-state index contributed by atoms with van der Waals surface area (Å²) < 4.78 is 4.38. The normalized spacial score (nSPS) is 11.1. The Hall–Kier alpha value is -7.39. The van der Waals surface area contributed by atoms with Crippen LogP contribution in [0.3, 0.4) is 0 Å². The Bertz CT molecular complexity index is 2960. The summed E-state index contributed by atoms with van der Waals surface area (Å²) in [6.45, 7) is 0. The Morgan fingerprint density at radius 3 is 1.78 bits per heavy atom. The van der Waals surface area contributed by atoms with Crippen molar-refractivity contribution in [3.05, 3.63) is 168 Å². The van der Waals surface area contributed by atoms with Crippen molar-refractivity contribution in [3.63, 3.8) is 0 Å². The van der Waals surface area contributed by atoms with Crippen molar-refractivity contribution in [2.24, 2.45) is 0 Å². The maximum absolute atomic E-state index is 9.99. The van der Waals surface area contributed by atoms with E-state index in [2.05, 4.69) is 106 Å². The van der Waals surface area contributed by atoms with Crippen LogP contribution in [0.5, 0.6) is 0 Å². The summed E-state index contributed by atoms with van der Waals surface area (Å²) in [7, 11) is 0. The highest BCUT2D eigenvalue weighted by Gasteiger charge is 2.18. The molecule has 0 aliphatic heterocycles. The van der Waals surface area contributed by atoms with Gasteiger partial charge >= 0.3 is 0 Å². The monoisotopic (exact) mass is 635 g/mol. The second-order valence-electron chi connectivity index (χ2n) is 12.3. The third-order valence-electron chi connectivity index (χ3n) is 9.62. The predicted octanol–water partition coefficient (Wildman–Crippen LogP) is 10.8. The molecule has 9 rings (SSSR count). The highest BCUT2D eigenvalue weighted by atomic mass is 15.0. The SMILES string of the molecule is N#Cc1ccc(-c2cccc(-c3ccc(-n4c5ccccc5c5cccc(C#N)c54)cc3)c2)c(-n2c3ccccc3c3cc(C#N)ccc32)c1. The summed E-state index contributed by atoms with van der Waals surface area (Å²) in [5.41, 5.74) is 11.8. The second kappa shape index (κ2) is 11.4. The van der Waals surface area contributed by atoms with E-state index < -0.39 is 0 Å². The largest absolute Gasteiger partial charge is 0.309 e. The van der Waals surface area contributed by atoms with Crippen molar-refractivity contribution in [2.75, 3.05) is 0 Å². The van der Waals surface area contributed by atoms with Gasteiger partial charge in [0.1, 0.15) is 6.07 Å². The van der Waals surface area contributed by atoms with Gasteiger partial charge in [0.15, 0.2) is 0 Å². The van der Waals surface area contributed by atoms with Crippen LogP contribution in [0.25, 0.3) is 77.2 Å². The molecule has 7 aromatic carbocycles. The molecule has 0 atom stereocenters. The molecule has 0 saturated heterocycles. The molecule has 9 aromatic rings. The number of hydrogen-bond acceptors (Lipinski definition) is 3. The standard InChI is InChI=1S/C45H25N5/c46-26-29-16-22-43-40(23-29)38-11-2-4-14-42(38)50(43)44-24-30(27-47)15-21-36(44)33-8-5-7-32(25-33)31-17-19-35(20-18-31)49-41-13-3-1-10-37(41)39-12-6-9-34(28-48)45(39)49/h1-25H. The van der Waals surface area contributed by atoms with Gasteiger partial charge < -0.3 is 9.13 Å². The van der Waals surface area contributed by atoms with Crippen molar-refractivity contribution >= 4 is 43.6 Å². The molecule has 230 valence electrons. The average molecular weight is 636 g/mol. The molecule has 0 N–H and O–H groups in total. The van der Waals surface area contributed by atoms with E-state index in [0.29, 0.717) is 16.7 Å². The third-order valence-corrected chi connectivity index (χ3v) is 9.62. The van der Waals surface area contributed by atoms with Crippen LogP contribution < -0.4 is 0 Å². The summed E-state index contributed by atoms with van der Waals surface area (Å²) in [5, 5.41) is 33.8. The van der Waals surface area contributed by atoms with Crippen LogP contribution in [-0.4, -0.2) is 9.13 Å². The van der Waals surface area contributed by atoms with E-state index >= 15 is 0 Å². The van der Waals surface area contributed by atoms with Gasteiger partial charge in [-0.2, -0.15) is 15.8 Å². The predicted molar refractivity (Wildman–Crippen MR) is 200 cm³/mol. The molecule has 0 unspecified atom stereocenters. The van der Waals surface area contributed by atoms with Crippen LogP contribution >= 0.6 is 0 Å². The average Bonchev–Trinajstić information content (AvgIpc) is 3.70. The molecule has 0 amide bonds. The van der Waals surface area contributed by atoms with Gasteiger partial charge in [-0.25, -0.2) is 0 Å². The van der Waals surface area contributed by atoms with Gasteiger partial charge in [0.25, 0.3) is 0 Å². The number of fused-ring (bicyclic) bond motifs is 6. The molecule has 2 aromatic heterocycles. The minimum absolute atomic E-state index is 0.569. The van der Waals surface area contributed by atoms with Crippen LogP contribution in [0.4, 0.5) is 0 Å². The fourth-order valence-electron chi connectivity index (χ4n) is 7.38. The molecule has 5 nitrogen and oxygen atoms in total. The molecule has 0 bridgehead atoms. The summed E-state index contributed by atoms with van der Waals surface area (Å²) in [4.78, 5) is 0. The lowest BCUT2D eigenvalue weighted by Gasteiger charge is -2.16. The molecular weight excluding hydrogens is 611 g/mol. The number of nitriles is 3. The molecule has 50 heavy (non-hydrogen) atoms. The van der Waals surface area contributed by atoms with E-state index in [1.807, 2.05) is 72.8 Å². The Morgan fingerprint density at radius 1 is 0.400 bits per heavy atom. The first kappa shape index (κ1) is 28.8. The zero-order valence-corrected chi connectivity index (χ0v) is 26.7. The second-order valence-corrected chi connectivity index (χ2v) is 12.3. The first-order valence-corrected chi connectivity index (χ1v) is 16.3. The number of nitrogens with zero attached hydrogens (tertiary/aromatic N) is 5. The van der Waals surface area contributed by atoms with Gasteiger partial charge in [0, 0.05) is 32.8 Å². The fraction of sp³-hybridized carbons (Fsp3) is 0. The molecule has 0 radical (unpaired) electrons. The number of benzene rings is 7. The number of para-hydroxylation sites is 3. The van der Waals surface area contributed by atoms with Gasteiger partial charge in [-0.3, -0.25) is 0 Å². The van der Waals surface area contributed by atoms with Gasteiger partial charge in [-0.1, -0.05) is 84.9 Å². The van der Waals surface area contributed by atoms with Gasteiger partial charge in [-0.05, 0) is 83.4 Å². The van der Waals surface area contributed by atoms with Gasteiger partial charge in [0.2, 0.25) is 0 Å². The molecule has 0 saturated carbocycles. The Morgan fingerprint density at radius 2 is 1.02 bits per heavy atom. The topological polar surface area (TPSA) is 81.2 Å². The first-order valence-electron chi connectivity index (χ1n) is 16.3. The molecule has 0 aliphatic rings. The van der Waals surface area contributed by atoms with Crippen LogP contribution in [-0.2, 0) is 0 Å². The molecule has 0 spiro atoms. The van der Waals surface area contributed by atoms with E-state index in [-0.39, 0.29) is 0 Å². The lowest BCUT2D eigenvalue weighted by Crippen LogP contribution is -1.98. The molecule has 0 aliphatic carbocycles. The van der Waals surface area contributed by atoms with Gasteiger partial charge in [-0.15, -0.1) is 0 Å². The third kappa shape index (κ3) is 4.38. The van der Waals surface area contributed by atoms with Crippen LogP contribution in [0, 0.1) is 34.0 Å². The Labute approximate surface area is 287 Å². The smallest absolute Gasteiger partial charge is 0.101 e. The van der Waals surface area contributed by atoms with E-state index in [1.54, 1.807) is 0 Å².